The molecule has 0 amide bonds. The van der Waals surface area contributed by atoms with E-state index in [1.807, 2.05) is 12.1 Å². The highest BCUT2D eigenvalue weighted by Gasteiger charge is 2.36. The first-order valence-electron chi connectivity index (χ1n) is 9.17. The van der Waals surface area contributed by atoms with Crippen molar-refractivity contribution in [2.45, 2.75) is 24.7 Å². The molecule has 2 atom stereocenters. The minimum atomic E-state index is -0.275. The van der Waals surface area contributed by atoms with Crippen LogP contribution in [0.4, 0.5) is 0 Å². The summed E-state index contributed by atoms with van der Waals surface area (Å²) in [4.78, 5) is 0. The van der Waals surface area contributed by atoms with E-state index in [0.717, 1.165) is 0 Å². The van der Waals surface area contributed by atoms with E-state index < -0.39 is 0 Å². The molecule has 2 nitrogen and oxygen atoms in total. The Morgan fingerprint density at radius 2 is 0.846 bits per heavy atom. The highest BCUT2D eigenvalue weighted by Crippen LogP contribution is 2.40. The second-order valence-corrected chi connectivity index (χ2v) is 7.35. The Morgan fingerprint density at radius 3 is 1.15 bits per heavy atom. The Morgan fingerprint density at radius 1 is 0.538 bits per heavy atom. The molecule has 0 aromatic heterocycles. The van der Waals surface area contributed by atoms with Gasteiger partial charge >= 0.3 is 0 Å². The van der Waals surface area contributed by atoms with Crippen molar-refractivity contribution in [1.82, 2.24) is 0 Å². The normalized spacial score (nSPS) is 15.8. The summed E-state index contributed by atoms with van der Waals surface area (Å²) in [6.07, 6.45) is 0. The number of benzene rings is 3. The SMILES string of the molecule is CC(CN)(c1ccccc1)c1ccccc1C(C)(CN)c1ccccc1. The quantitative estimate of drug-likeness (QED) is 0.703. The highest BCUT2D eigenvalue weighted by atomic mass is 14.6. The van der Waals surface area contributed by atoms with Crippen LogP contribution in [0.2, 0.25) is 0 Å². The summed E-state index contributed by atoms with van der Waals surface area (Å²) in [6, 6.07) is 29.6. The second kappa shape index (κ2) is 7.45. The molecule has 0 saturated heterocycles. The smallest absolute Gasteiger partial charge is 0.0299 e. The predicted octanol–water partition coefficient (Wildman–Crippen LogP) is 4.22. The van der Waals surface area contributed by atoms with Crippen LogP contribution in [0.3, 0.4) is 0 Å². The van der Waals surface area contributed by atoms with Gasteiger partial charge in [0.25, 0.3) is 0 Å². The van der Waals surface area contributed by atoms with Crippen LogP contribution in [0.25, 0.3) is 0 Å². The summed E-state index contributed by atoms with van der Waals surface area (Å²) < 4.78 is 0. The first-order valence-corrected chi connectivity index (χ1v) is 9.17. The minimum absolute atomic E-state index is 0.275. The molecule has 3 aromatic rings. The zero-order valence-electron chi connectivity index (χ0n) is 15.7. The van der Waals surface area contributed by atoms with Crippen LogP contribution in [-0.2, 0) is 10.8 Å². The molecule has 0 bridgehead atoms. The van der Waals surface area contributed by atoms with Gasteiger partial charge in [-0.3, -0.25) is 0 Å². The molecule has 0 aliphatic heterocycles. The lowest BCUT2D eigenvalue weighted by molar-refractivity contribution is 0.530. The van der Waals surface area contributed by atoms with Crippen molar-refractivity contribution in [2.24, 2.45) is 11.5 Å². The molecule has 0 radical (unpaired) electrons. The van der Waals surface area contributed by atoms with E-state index >= 15 is 0 Å². The number of rotatable bonds is 6. The Hall–Kier alpha value is -2.42. The van der Waals surface area contributed by atoms with Crippen LogP contribution >= 0.6 is 0 Å². The molecule has 3 aromatic carbocycles. The Balaban J connectivity index is 2.23. The van der Waals surface area contributed by atoms with Crippen molar-refractivity contribution >= 4 is 0 Å². The fourth-order valence-electron chi connectivity index (χ4n) is 3.82. The van der Waals surface area contributed by atoms with Crippen LogP contribution in [0.5, 0.6) is 0 Å². The maximum absolute atomic E-state index is 6.33. The lowest BCUT2D eigenvalue weighted by Gasteiger charge is -2.38. The summed E-state index contributed by atoms with van der Waals surface area (Å²) in [6.45, 7) is 5.51. The van der Waals surface area contributed by atoms with Gasteiger partial charge in [0.15, 0.2) is 0 Å². The zero-order valence-corrected chi connectivity index (χ0v) is 15.7. The van der Waals surface area contributed by atoms with Crippen LogP contribution in [0, 0.1) is 0 Å². The lowest BCUT2D eigenvalue weighted by atomic mass is 9.67. The van der Waals surface area contributed by atoms with E-state index in [2.05, 4.69) is 86.6 Å². The summed E-state index contributed by atoms with van der Waals surface area (Å²) in [5.74, 6) is 0. The number of hydrogen-bond acceptors (Lipinski definition) is 2. The predicted molar refractivity (Wildman–Crippen MR) is 110 cm³/mol. The maximum Gasteiger partial charge on any atom is 0.0299 e. The van der Waals surface area contributed by atoms with Crippen molar-refractivity contribution in [2.75, 3.05) is 13.1 Å². The number of nitrogens with two attached hydrogens (primary N) is 2. The molecular formula is C24H28N2. The summed E-state index contributed by atoms with van der Waals surface area (Å²) in [7, 11) is 0. The van der Waals surface area contributed by atoms with Gasteiger partial charge in [-0.1, -0.05) is 98.8 Å². The average molecular weight is 345 g/mol. The van der Waals surface area contributed by atoms with Crippen molar-refractivity contribution in [3.8, 4) is 0 Å². The first-order chi connectivity index (χ1) is 12.6. The second-order valence-electron chi connectivity index (χ2n) is 7.35. The molecule has 0 aliphatic carbocycles. The van der Waals surface area contributed by atoms with Crippen molar-refractivity contribution in [3.05, 3.63) is 107 Å². The summed E-state index contributed by atoms with van der Waals surface area (Å²) >= 11 is 0. The molecule has 2 unspecified atom stereocenters. The van der Waals surface area contributed by atoms with Gasteiger partial charge in [-0.15, -0.1) is 0 Å². The maximum atomic E-state index is 6.33. The molecule has 3 rings (SSSR count). The monoisotopic (exact) mass is 344 g/mol. The van der Waals surface area contributed by atoms with Gasteiger partial charge in [0.05, 0.1) is 0 Å². The summed E-state index contributed by atoms with van der Waals surface area (Å²) in [5, 5.41) is 0. The van der Waals surface area contributed by atoms with Gasteiger partial charge in [-0.2, -0.15) is 0 Å². The molecule has 0 spiro atoms. The van der Waals surface area contributed by atoms with E-state index in [-0.39, 0.29) is 10.8 Å². The standard InChI is InChI=1S/C24H28N2/c1-23(17-25,19-11-5-3-6-12-19)21-15-9-10-16-22(21)24(2,18-26)20-13-7-4-8-14-20/h3-16H,17-18,25-26H2,1-2H3. The minimum Gasteiger partial charge on any atom is -0.329 e. The van der Waals surface area contributed by atoms with Gasteiger partial charge in [-0.25, -0.2) is 0 Å². The molecule has 26 heavy (non-hydrogen) atoms. The van der Waals surface area contributed by atoms with Gasteiger partial charge in [0.1, 0.15) is 0 Å². The molecule has 0 heterocycles. The topological polar surface area (TPSA) is 52.0 Å². The Labute approximate surface area is 156 Å². The zero-order chi connectivity index (χ0) is 18.6. The number of hydrogen-bond donors (Lipinski definition) is 2. The lowest BCUT2D eigenvalue weighted by Crippen LogP contribution is -2.40. The largest absolute Gasteiger partial charge is 0.329 e. The van der Waals surface area contributed by atoms with Gasteiger partial charge < -0.3 is 11.5 Å². The summed E-state index contributed by atoms with van der Waals surface area (Å²) in [5.41, 5.74) is 17.0. The fraction of sp³-hybridized carbons (Fsp3) is 0.250. The molecule has 2 heteroatoms. The molecular weight excluding hydrogens is 316 g/mol. The van der Waals surface area contributed by atoms with Crippen molar-refractivity contribution < 1.29 is 0 Å². The van der Waals surface area contributed by atoms with Crippen molar-refractivity contribution in [3.63, 3.8) is 0 Å². The molecule has 134 valence electrons. The Bertz CT molecular complexity index is 772. The fourth-order valence-corrected chi connectivity index (χ4v) is 3.82. The molecule has 4 N–H and O–H groups in total. The van der Waals surface area contributed by atoms with E-state index in [1.165, 1.54) is 22.3 Å². The van der Waals surface area contributed by atoms with Crippen LogP contribution in [0.15, 0.2) is 84.9 Å². The molecule has 0 saturated carbocycles. The van der Waals surface area contributed by atoms with Crippen molar-refractivity contribution in [1.29, 1.82) is 0 Å². The van der Waals surface area contributed by atoms with E-state index in [0.29, 0.717) is 13.1 Å². The highest BCUT2D eigenvalue weighted by molar-refractivity contribution is 5.50. The van der Waals surface area contributed by atoms with Crippen LogP contribution < -0.4 is 11.5 Å². The van der Waals surface area contributed by atoms with Gasteiger partial charge in [-0.05, 0) is 22.3 Å². The first kappa shape index (κ1) is 18.4. The molecule has 0 aliphatic rings. The molecule has 0 fully saturated rings. The Kier molecular flexibility index (Phi) is 5.26. The average Bonchev–Trinajstić information content (AvgIpc) is 2.74. The van der Waals surface area contributed by atoms with E-state index in [9.17, 15) is 0 Å². The van der Waals surface area contributed by atoms with Gasteiger partial charge in [0.2, 0.25) is 0 Å². The van der Waals surface area contributed by atoms with E-state index in [4.69, 9.17) is 11.5 Å². The van der Waals surface area contributed by atoms with Crippen LogP contribution in [-0.4, -0.2) is 13.1 Å². The third-order valence-electron chi connectivity index (χ3n) is 5.75. The van der Waals surface area contributed by atoms with E-state index in [1.54, 1.807) is 0 Å². The third-order valence-corrected chi connectivity index (χ3v) is 5.75. The third kappa shape index (κ3) is 3.07. The van der Waals surface area contributed by atoms with Crippen LogP contribution in [0.1, 0.15) is 36.1 Å². The van der Waals surface area contributed by atoms with Gasteiger partial charge in [0, 0.05) is 23.9 Å².